The lowest BCUT2D eigenvalue weighted by atomic mass is 9.73. The molecule has 2 nitrogen and oxygen atoms in total. The average Bonchev–Trinajstić information content (AvgIpc) is 2.97. The summed E-state index contributed by atoms with van der Waals surface area (Å²) < 4.78 is 90.8. The maximum atomic E-state index is 13.1. The van der Waals surface area contributed by atoms with Gasteiger partial charge in [-0.1, -0.05) is 143 Å². The van der Waals surface area contributed by atoms with Crippen molar-refractivity contribution in [1.82, 2.24) is 0 Å². The third-order valence-corrected chi connectivity index (χ3v) is 5.83. The van der Waals surface area contributed by atoms with Gasteiger partial charge in [0.15, 0.2) is 0 Å². The fourth-order valence-electron chi connectivity index (χ4n) is 4.14. The topological polar surface area (TPSA) is 34.1 Å². The lowest BCUT2D eigenvalue weighted by Crippen LogP contribution is -2.32. The van der Waals surface area contributed by atoms with Crippen molar-refractivity contribution in [3.05, 3.63) is 70.6 Å². The summed E-state index contributed by atoms with van der Waals surface area (Å²) in [4.78, 5) is 26.1. The summed E-state index contributed by atoms with van der Waals surface area (Å²) in [6.07, 6.45) is -2.00. The molecule has 0 aliphatic carbocycles. The Hall–Kier alpha value is -2.22. The van der Waals surface area contributed by atoms with E-state index in [0.29, 0.717) is 6.42 Å². The Morgan fingerprint density at radius 1 is 0.675 bits per heavy atom. The summed E-state index contributed by atoms with van der Waals surface area (Å²) in [7, 11) is 0. The second-order valence-electron chi connectivity index (χ2n) is 15.2. The highest BCUT2D eigenvalue weighted by atomic mass is 16.1. The Balaban J connectivity index is 0.000000510. The Labute approximate surface area is 263 Å². The molecule has 0 aliphatic heterocycles. The van der Waals surface area contributed by atoms with Gasteiger partial charge in [0.25, 0.3) is 0 Å². The van der Waals surface area contributed by atoms with Crippen LogP contribution in [-0.2, 0) is 22.4 Å². The molecule has 0 fully saturated rings. The third-order valence-electron chi connectivity index (χ3n) is 5.83. The third kappa shape index (κ3) is 13.9. The van der Waals surface area contributed by atoms with Crippen LogP contribution in [0.1, 0.15) is 133 Å². The Morgan fingerprint density at radius 2 is 1.07 bits per heavy atom. The van der Waals surface area contributed by atoms with Gasteiger partial charge >= 0.3 is 0 Å². The van der Waals surface area contributed by atoms with Crippen LogP contribution in [0.2, 0.25) is 0 Å². The molecule has 0 spiro atoms. The molecule has 0 N–H and O–H groups in total. The summed E-state index contributed by atoms with van der Waals surface area (Å²) in [5, 5.41) is 0. The zero-order valence-electron chi connectivity index (χ0n) is 38.5. The van der Waals surface area contributed by atoms with Crippen LogP contribution < -0.4 is 0 Å². The Bertz CT molecular complexity index is 1570. The molecule has 2 aromatic carbocycles. The van der Waals surface area contributed by atoms with Crippen molar-refractivity contribution >= 4 is 11.6 Å². The van der Waals surface area contributed by atoms with Crippen LogP contribution in [0.25, 0.3) is 0 Å². The highest BCUT2D eigenvalue weighted by molar-refractivity contribution is 5.86. The molecule has 2 rings (SSSR count). The number of hydrogen-bond donors (Lipinski definition) is 0. The standard InChI is InChI=1S/2C19H30O/c2*1-14-9-8-10-15(11-14)12-16(13-18(2,3)4)17(20)19(5,6)7/h2*8-11,16H,12-13H2,1-7H3/t2*16-/m11/s1/i8D,9D,10D,11D,12D,16D;8D,9D,10D,11D,12D/t12-,16-;12-,16+/m10. The summed E-state index contributed by atoms with van der Waals surface area (Å²) in [6, 6.07) is -1.95. The van der Waals surface area contributed by atoms with Gasteiger partial charge < -0.3 is 0 Å². The van der Waals surface area contributed by atoms with Gasteiger partial charge in [0.1, 0.15) is 11.6 Å². The van der Waals surface area contributed by atoms with Crippen LogP contribution in [0.5, 0.6) is 0 Å². The normalized spacial score (nSPS) is 20.4. The maximum Gasteiger partial charge on any atom is 0.141 e. The van der Waals surface area contributed by atoms with E-state index in [-0.39, 0.29) is 82.2 Å². The van der Waals surface area contributed by atoms with E-state index in [1.807, 2.05) is 62.3 Å². The summed E-state index contributed by atoms with van der Waals surface area (Å²) >= 11 is 0. The lowest BCUT2D eigenvalue weighted by Gasteiger charge is -2.30. The van der Waals surface area contributed by atoms with Gasteiger partial charge in [-0.05, 0) is 61.4 Å². The summed E-state index contributed by atoms with van der Waals surface area (Å²) in [6.45, 7) is 25.3. The molecular formula is C38H60O2. The second kappa shape index (κ2) is 14.1. The van der Waals surface area contributed by atoms with Crippen LogP contribution in [0, 0.1) is 47.3 Å². The summed E-state index contributed by atoms with van der Waals surface area (Å²) in [5.74, 6) is -3.01. The first-order chi connectivity index (χ1) is 22.5. The molecule has 2 heteroatoms. The van der Waals surface area contributed by atoms with E-state index >= 15 is 0 Å². The van der Waals surface area contributed by atoms with Crippen molar-refractivity contribution in [3.8, 4) is 0 Å². The van der Waals surface area contributed by atoms with Gasteiger partial charge in [-0.25, -0.2) is 0 Å². The number of rotatable bonds is 8. The van der Waals surface area contributed by atoms with E-state index in [1.165, 1.54) is 6.92 Å². The van der Waals surface area contributed by atoms with Gasteiger partial charge in [-0.3, -0.25) is 9.59 Å². The van der Waals surface area contributed by atoms with E-state index in [9.17, 15) is 9.59 Å². The van der Waals surface area contributed by atoms with Crippen LogP contribution in [-0.4, -0.2) is 11.6 Å². The number of carbonyl (C=O) groups is 2. The van der Waals surface area contributed by atoms with E-state index in [1.54, 1.807) is 27.7 Å². The molecule has 0 unspecified atom stereocenters. The summed E-state index contributed by atoms with van der Waals surface area (Å²) in [5.41, 5.74) is -1.64. The lowest BCUT2D eigenvalue weighted by molar-refractivity contribution is -0.132. The zero-order valence-corrected chi connectivity index (χ0v) is 27.5. The molecule has 0 saturated heterocycles. The van der Waals surface area contributed by atoms with Crippen LogP contribution in [0.15, 0.2) is 48.3 Å². The molecule has 224 valence electrons. The van der Waals surface area contributed by atoms with Gasteiger partial charge in [-0.15, -0.1) is 0 Å². The first kappa shape index (κ1) is 21.5. The molecule has 2 aromatic rings. The van der Waals surface area contributed by atoms with E-state index in [4.69, 9.17) is 15.1 Å². The van der Waals surface area contributed by atoms with Gasteiger partial charge in [-0.2, -0.15) is 0 Å². The highest BCUT2D eigenvalue weighted by Gasteiger charge is 2.33. The number of carbonyl (C=O) groups excluding carboxylic acids is 2. The molecule has 0 amide bonds. The Kier molecular flexibility index (Phi) is 7.57. The monoisotopic (exact) mass is 560 g/mol. The minimum atomic E-state index is -1.86. The van der Waals surface area contributed by atoms with Crippen molar-refractivity contribution < 1.29 is 24.7 Å². The zero-order chi connectivity index (χ0) is 40.7. The predicted octanol–water partition coefficient (Wildman–Crippen LogP) is 10.4. The molecule has 0 aliphatic rings. The molecule has 0 bridgehead atoms. The van der Waals surface area contributed by atoms with Crippen LogP contribution in [0.3, 0.4) is 0 Å². The van der Waals surface area contributed by atoms with Crippen LogP contribution >= 0.6 is 0 Å². The largest absolute Gasteiger partial charge is 0.299 e. The molecule has 4 atom stereocenters. The van der Waals surface area contributed by atoms with E-state index in [0.717, 1.165) is 0 Å². The van der Waals surface area contributed by atoms with Crippen molar-refractivity contribution in [2.75, 3.05) is 0 Å². The quantitative estimate of drug-likeness (QED) is 0.322. The SMILES string of the molecule is [2H]c1c([2H])c(C)c([2H])c([C@@H]([2H])[C@]([2H])(CC(C)(C)C)C(=O)C(C)(C)C)c1[2H].[2H]c1c([2H])c(C)c([2H])c([C@H]([2H])[C@H](CC(C)(C)C)C(=O)C(C)(C)C)c1[2H]. The molecule has 0 radical (unpaired) electrons. The van der Waals surface area contributed by atoms with Crippen molar-refractivity contribution in [2.24, 2.45) is 33.5 Å². The van der Waals surface area contributed by atoms with E-state index in [2.05, 4.69) is 0 Å². The van der Waals surface area contributed by atoms with Crippen molar-refractivity contribution in [2.45, 2.75) is 123 Å². The first-order valence-corrected chi connectivity index (χ1v) is 14.1. The maximum absolute atomic E-state index is 13.1. The molecule has 40 heavy (non-hydrogen) atoms. The average molecular weight is 560 g/mol. The number of Topliss-reactive ketones (excluding diaryl/α,β-unsaturated/α-hetero) is 2. The number of hydrogen-bond acceptors (Lipinski definition) is 2. The predicted molar refractivity (Wildman–Crippen MR) is 174 cm³/mol. The smallest absolute Gasteiger partial charge is 0.141 e. The molecular weight excluding hydrogens is 488 g/mol. The fraction of sp³-hybridized carbons (Fsp3) is 0.632. The number of benzene rings is 2. The van der Waals surface area contributed by atoms with Gasteiger partial charge in [0.2, 0.25) is 0 Å². The molecule has 0 saturated carbocycles. The number of ketones is 2. The van der Waals surface area contributed by atoms with E-state index < -0.39 is 52.7 Å². The second-order valence-corrected chi connectivity index (χ2v) is 15.2. The van der Waals surface area contributed by atoms with Crippen molar-refractivity contribution in [3.63, 3.8) is 0 Å². The van der Waals surface area contributed by atoms with Gasteiger partial charge in [0, 0.05) is 26.8 Å². The highest BCUT2D eigenvalue weighted by Crippen LogP contribution is 2.33. The first-order valence-electron chi connectivity index (χ1n) is 19.8. The Morgan fingerprint density at radius 3 is 1.45 bits per heavy atom. The van der Waals surface area contributed by atoms with Crippen molar-refractivity contribution in [1.29, 1.82) is 0 Å². The van der Waals surface area contributed by atoms with Gasteiger partial charge in [0.05, 0.1) is 11.0 Å². The minimum absolute atomic E-state index is 0.0633. The fourth-order valence-corrected chi connectivity index (χ4v) is 4.14. The minimum Gasteiger partial charge on any atom is -0.299 e. The van der Waals surface area contributed by atoms with Crippen LogP contribution in [0.4, 0.5) is 0 Å². The molecule has 0 heterocycles. The molecule has 0 aromatic heterocycles.